The van der Waals surface area contributed by atoms with Crippen molar-refractivity contribution in [3.05, 3.63) is 36.3 Å². The van der Waals surface area contributed by atoms with Crippen molar-refractivity contribution >= 4 is 22.6 Å². The van der Waals surface area contributed by atoms with Crippen LogP contribution in [-0.2, 0) is 26.7 Å². The van der Waals surface area contributed by atoms with E-state index in [4.69, 9.17) is 19.2 Å². The van der Waals surface area contributed by atoms with E-state index in [-0.39, 0.29) is 12.5 Å². The van der Waals surface area contributed by atoms with Crippen molar-refractivity contribution in [2.75, 3.05) is 45.5 Å². The fourth-order valence-electron chi connectivity index (χ4n) is 3.99. The number of amides is 1. The molecule has 1 fully saturated rings. The molecule has 0 saturated carbocycles. The number of anilines is 1. The molecule has 1 amide bonds. The summed E-state index contributed by atoms with van der Waals surface area (Å²) < 4.78 is 18.6. The van der Waals surface area contributed by atoms with Gasteiger partial charge in [-0.2, -0.15) is 0 Å². The van der Waals surface area contributed by atoms with Crippen LogP contribution < -0.4 is 10.1 Å². The standard InChI is InChI=1S/C23H28N4O5/c1-15(29)25-22-10-17-18(12-27(2)20(17)11-24-22)19-8-16(32-7-6-30-3)9-21(26-19)23(13-28)4-5-31-14-23/h8-12,28H,4-7,13-14H2,1-3H3,(H,24,25,29). The van der Waals surface area contributed by atoms with E-state index >= 15 is 0 Å². The number of nitrogens with zero attached hydrogens (tertiary/aromatic N) is 3. The minimum Gasteiger partial charge on any atom is -0.491 e. The van der Waals surface area contributed by atoms with Crippen LogP contribution in [0.2, 0.25) is 0 Å². The monoisotopic (exact) mass is 440 g/mol. The van der Waals surface area contributed by atoms with Gasteiger partial charge in [0.15, 0.2) is 0 Å². The number of carbonyl (C=O) groups is 1. The summed E-state index contributed by atoms with van der Waals surface area (Å²) in [5, 5.41) is 13.8. The minimum atomic E-state index is -0.567. The van der Waals surface area contributed by atoms with E-state index in [0.29, 0.717) is 50.1 Å². The second kappa shape index (κ2) is 9.23. The third-order valence-electron chi connectivity index (χ3n) is 5.76. The van der Waals surface area contributed by atoms with Crippen molar-refractivity contribution in [2.45, 2.75) is 18.8 Å². The van der Waals surface area contributed by atoms with Gasteiger partial charge < -0.3 is 29.2 Å². The van der Waals surface area contributed by atoms with Crippen LogP contribution in [0.1, 0.15) is 19.0 Å². The summed E-state index contributed by atoms with van der Waals surface area (Å²) in [7, 11) is 3.56. The topological polar surface area (TPSA) is 108 Å². The summed E-state index contributed by atoms with van der Waals surface area (Å²) in [5.41, 5.74) is 2.66. The second-order valence-electron chi connectivity index (χ2n) is 8.08. The molecule has 0 bridgehead atoms. The van der Waals surface area contributed by atoms with E-state index in [1.807, 2.05) is 36.0 Å². The minimum absolute atomic E-state index is 0.0624. The van der Waals surface area contributed by atoms with Gasteiger partial charge in [0.25, 0.3) is 0 Å². The summed E-state index contributed by atoms with van der Waals surface area (Å²) in [6.07, 6.45) is 4.39. The molecule has 0 spiro atoms. The number of hydrogen-bond donors (Lipinski definition) is 2. The second-order valence-corrected chi connectivity index (χ2v) is 8.08. The first-order valence-corrected chi connectivity index (χ1v) is 10.5. The van der Waals surface area contributed by atoms with Crippen LogP contribution in [-0.4, -0.2) is 65.7 Å². The van der Waals surface area contributed by atoms with Crippen LogP contribution in [0.5, 0.6) is 5.75 Å². The van der Waals surface area contributed by atoms with Crippen LogP contribution in [0.3, 0.4) is 0 Å². The molecule has 1 unspecified atom stereocenters. The molecule has 1 atom stereocenters. The average Bonchev–Trinajstić information content (AvgIpc) is 3.39. The molecule has 0 aliphatic carbocycles. The SMILES string of the molecule is COCCOc1cc(-c2cn(C)c3cnc(NC(C)=O)cc23)nc(C2(CO)CCOC2)c1. The summed E-state index contributed by atoms with van der Waals surface area (Å²) in [6, 6.07) is 5.60. The van der Waals surface area contributed by atoms with E-state index in [2.05, 4.69) is 10.3 Å². The number of rotatable bonds is 8. The predicted molar refractivity (Wildman–Crippen MR) is 120 cm³/mol. The largest absolute Gasteiger partial charge is 0.491 e. The van der Waals surface area contributed by atoms with Crippen LogP contribution in [0, 0.1) is 0 Å². The summed E-state index contributed by atoms with van der Waals surface area (Å²) in [5.74, 6) is 0.936. The lowest BCUT2D eigenvalue weighted by Crippen LogP contribution is -2.32. The first-order valence-electron chi connectivity index (χ1n) is 10.5. The van der Waals surface area contributed by atoms with Crippen molar-refractivity contribution in [3.8, 4) is 17.0 Å². The van der Waals surface area contributed by atoms with Gasteiger partial charge >= 0.3 is 0 Å². The number of carbonyl (C=O) groups excluding carboxylic acids is 1. The zero-order valence-corrected chi connectivity index (χ0v) is 18.6. The average molecular weight is 441 g/mol. The highest BCUT2D eigenvalue weighted by Crippen LogP contribution is 2.37. The molecule has 4 heterocycles. The molecule has 9 nitrogen and oxygen atoms in total. The zero-order valence-electron chi connectivity index (χ0n) is 18.6. The lowest BCUT2D eigenvalue weighted by molar-refractivity contribution is -0.114. The van der Waals surface area contributed by atoms with E-state index < -0.39 is 5.41 Å². The molecule has 4 rings (SSSR count). The number of pyridine rings is 2. The Morgan fingerprint density at radius 1 is 1.34 bits per heavy atom. The van der Waals surface area contributed by atoms with Crippen LogP contribution in [0.15, 0.2) is 30.6 Å². The molecule has 0 aromatic carbocycles. The number of methoxy groups -OCH3 is 1. The molecular formula is C23H28N4O5. The van der Waals surface area contributed by atoms with Crippen molar-refractivity contribution in [1.29, 1.82) is 0 Å². The highest BCUT2D eigenvalue weighted by atomic mass is 16.5. The van der Waals surface area contributed by atoms with Gasteiger partial charge in [-0.1, -0.05) is 0 Å². The first kappa shape index (κ1) is 22.2. The molecule has 9 heteroatoms. The van der Waals surface area contributed by atoms with Gasteiger partial charge in [-0.3, -0.25) is 9.78 Å². The Bertz CT molecular complexity index is 1120. The molecule has 2 N–H and O–H groups in total. The summed E-state index contributed by atoms with van der Waals surface area (Å²) >= 11 is 0. The number of aliphatic hydroxyl groups is 1. The smallest absolute Gasteiger partial charge is 0.222 e. The summed E-state index contributed by atoms with van der Waals surface area (Å²) in [4.78, 5) is 20.8. The van der Waals surface area contributed by atoms with Gasteiger partial charge in [0.1, 0.15) is 18.2 Å². The van der Waals surface area contributed by atoms with E-state index in [1.54, 1.807) is 13.3 Å². The van der Waals surface area contributed by atoms with Crippen LogP contribution >= 0.6 is 0 Å². The first-order chi connectivity index (χ1) is 15.5. The molecule has 1 aliphatic heterocycles. The number of hydrogen-bond acceptors (Lipinski definition) is 7. The predicted octanol–water partition coefficient (Wildman–Crippen LogP) is 2.27. The third-order valence-corrected chi connectivity index (χ3v) is 5.76. The highest BCUT2D eigenvalue weighted by molar-refractivity contribution is 5.98. The Hall–Kier alpha value is -3.01. The van der Waals surface area contributed by atoms with E-state index in [1.165, 1.54) is 6.92 Å². The number of aliphatic hydroxyl groups excluding tert-OH is 1. The van der Waals surface area contributed by atoms with Gasteiger partial charge in [0.05, 0.1) is 48.3 Å². The molecular weight excluding hydrogens is 412 g/mol. The lowest BCUT2D eigenvalue weighted by atomic mass is 9.84. The molecule has 32 heavy (non-hydrogen) atoms. The normalized spacial score (nSPS) is 18.2. The number of ether oxygens (including phenoxy) is 3. The van der Waals surface area contributed by atoms with Crippen molar-refractivity contribution in [3.63, 3.8) is 0 Å². The van der Waals surface area contributed by atoms with Gasteiger partial charge in [-0.15, -0.1) is 0 Å². The van der Waals surface area contributed by atoms with E-state index in [9.17, 15) is 9.90 Å². The van der Waals surface area contributed by atoms with Crippen LogP contribution in [0.4, 0.5) is 5.82 Å². The molecule has 170 valence electrons. The maximum Gasteiger partial charge on any atom is 0.222 e. The fraction of sp³-hybridized carbons (Fsp3) is 0.435. The number of nitrogens with one attached hydrogen (secondary N) is 1. The van der Waals surface area contributed by atoms with Gasteiger partial charge in [0.2, 0.25) is 5.91 Å². The zero-order chi connectivity index (χ0) is 22.7. The van der Waals surface area contributed by atoms with Crippen molar-refractivity contribution < 1.29 is 24.1 Å². The quantitative estimate of drug-likeness (QED) is 0.518. The lowest BCUT2D eigenvalue weighted by Gasteiger charge is -2.25. The maximum absolute atomic E-state index is 11.5. The van der Waals surface area contributed by atoms with Gasteiger partial charge in [0, 0.05) is 57.0 Å². The molecule has 3 aromatic rings. The third kappa shape index (κ3) is 4.32. The van der Waals surface area contributed by atoms with Gasteiger partial charge in [-0.25, -0.2) is 4.98 Å². The highest BCUT2D eigenvalue weighted by Gasteiger charge is 2.38. The number of aryl methyl sites for hydroxylation is 1. The van der Waals surface area contributed by atoms with Crippen molar-refractivity contribution in [2.24, 2.45) is 7.05 Å². The number of aromatic nitrogens is 3. The molecule has 1 aliphatic rings. The number of fused-ring (bicyclic) bond motifs is 1. The van der Waals surface area contributed by atoms with Gasteiger partial charge in [-0.05, 0) is 12.5 Å². The maximum atomic E-state index is 11.5. The molecule has 0 radical (unpaired) electrons. The fourth-order valence-corrected chi connectivity index (χ4v) is 3.99. The molecule has 1 saturated heterocycles. The van der Waals surface area contributed by atoms with E-state index in [0.717, 1.165) is 22.2 Å². The van der Waals surface area contributed by atoms with Crippen LogP contribution in [0.25, 0.3) is 22.2 Å². The van der Waals surface area contributed by atoms with Crippen molar-refractivity contribution in [1.82, 2.24) is 14.5 Å². The Labute approximate surface area is 186 Å². The Kier molecular flexibility index (Phi) is 6.40. The Balaban J connectivity index is 1.84. The molecule has 3 aromatic heterocycles. The Morgan fingerprint density at radius 2 is 2.19 bits per heavy atom. The Morgan fingerprint density at radius 3 is 2.88 bits per heavy atom. The summed E-state index contributed by atoms with van der Waals surface area (Å²) in [6.45, 7) is 3.23.